The third kappa shape index (κ3) is 1.27. The molecule has 84 valence electrons. The van der Waals surface area contributed by atoms with Crippen LogP contribution in [0.4, 0.5) is 0 Å². The molecule has 0 heterocycles. The molecular weight excluding hydrogens is 194 g/mol. The van der Waals surface area contributed by atoms with Gasteiger partial charge in [0.05, 0.1) is 0 Å². The third-order valence-electron chi connectivity index (χ3n) is 4.86. The lowest BCUT2D eigenvalue weighted by Crippen LogP contribution is -2.22. The van der Waals surface area contributed by atoms with E-state index in [-0.39, 0.29) is 0 Å². The van der Waals surface area contributed by atoms with Gasteiger partial charge in [0.2, 0.25) is 0 Å². The highest BCUT2D eigenvalue weighted by Crippen LogP contribution is 2.61. The predicted octanol–water partition coefficient (Wildman–Crippen LogP) is 2.64. The molecule has 2 saturated carbocycles. The summed E-state index contributed by atoms with van der Waals surface area (Å²) >= 11 is 0. The zero-order valence-corrected chi connectivity index (χ0v) is 9.71. The first-order valence-electron chi connectivity index (χ1n) is 6.70. The second kappa shape index (κ2) is 3.10. The van der Waals surface area contributed by atoms with Gasteiger partial charge in [-0.25, -0.2) is 0 Å². The molecule has 1 N–H and O–H groups in total. The van der Waals surface area contributed by atoms with Gasteiger partial charge in [0.1, 0.15) is 0 Å². The van der Waals surface area contributed by atoms with E-state index in [1.807, 2.05) is 0 Å². The normalized spacial score (nSPS) is 35.4. The maximum Gasteiger partial charge on any atom is 0.00683 e. The van der Waals surface area contributed by atoms with E-state index >= 15 is 0 Å². The lowest BCUT2D eigenvalue weighted by atomic mass is 9.95. The van der Waals surface area contributed by atoms with Gasteiger partial charge in [-0.05, 0) is 55.7 Å². The minimum atomic E-state index is 0.596. The minimum absolute atomic E-state index is 0.596. The van der Waals surface area contributed by atoms with Gasteiger partial charge in [0, 0.05) is 11.5 Å². The second-order valence-corrected chi connectivity index (χ2v) is 5.90. The third-order valence-corrected chi connectivity index (χ3v) is 4.86. The molecule has 0 saturated heterocycles. The predicted molar refractivity (Wildman–Crippen MR) is 65.6 cm³/mol. The molecule has 0 amide bonds. The van der Waals surface area contributed by atoms with Crippen molar-refractivity contribution in [2.45, 2.75) is 43.6 Å². The van der Waals surface area contributed by atoms with E-state index in [1.54, 1.807) is 11.1 Å². The standard InChI is InChI=1S/C15H19N/c1-2-4-14-11(3-1)7-8-15(14)9-12(15)10-16-13-5-6-13/h1-4,12-13,16H,5-10H2. The van der Waals surface area contributed by atoms with Crippen LogP contribution in [0.15, 0.2) is 24.3 Å². The van der Waals surface area contributed by atoms with E-state index in [2.05, 4.69) is 29.6 Å². The zero-order chi connectivity index (χ0) is 10.6. The van der Waals surface area contributed by atoms with Crippen LogP contribution in [0, 0.1) is 5.92 Å². The van der Waals surface area contributed by atoms with Crippen molar-refractivity contribution in [3.8, 4) is 0 Å². The van der Waals surface area contributed by atoms with Crippen LogP contribution < -0.4 is 5.32 Å². The summed E-state index contributed by atoms with van der Waals surface area (Å²) in [6, 6.07) is 9.98. The van der Waals surface area contributed by atoms with Crippen LogP contribution in [-0.4, -0.2) is 12.6 Å². The molecule has 1 heteroatoms. The summed E-state index contributed by atoms with van der Waals surface area (Å²) in [5.41, 5.74) is 3.90. The molecule has 0 radical (unpaired) electrons. The van der Waals surface area contributed by atoms with Crippen molar-refractivity contribution in [3.05, 3.63) is 35.4 Å². The monoisotopic (exact) mass is 213 g/mol. The number of rotatable bonds is 3. The zero-order valence-electron chi connectivity index (χ0n) is 9.71. The number of fused-ring (bicyclic) bond motifs is 2. The average molecular weight is 213 g/mol. The lowest BCUT2D eigenvalue weighted by molar-refractivity contribution is 0.546. The Kier molecular flexibility index (Phi) is 1.79. The Morgan fingerprint density at radius 3 is 3.00 bits per heavy atom. The van der Waals surface area contributed by atoms with Crippen molar-refractivity contribution in [2.75, 3.05) is 6.54 Å². The van der Waals surface area contributed by atoms with Crippen molar-refractivity contribution in [2.24, 2.45) is 5.92 Å². The molecule has 1 aromatic rings. The number of benzene rings is 1. The summed E-state index contributed by atoms with van der Waals surface area (Å²) in [4.78, 5) is 0. The van der Waals surface area contributed by atoms with Crippen LogP contribution in [0.1, 0.15) is 36.8 Å². The Bertz CT molecular complexity index is 421. The van der Waals surface area contributed by atoms with Crippen molar-refractivity contribution in [1.82, 2.24) is 5.32 Å². The molecule has 2 atom stereocenters. The molecule has 0 aliphatic heterocycles. The van der Waals surface area contributed by atoms with Gasteiger partial charge in [-0.1, -0.05) is 24.3 Å². The van der Waals surface area contributed by atoms with Gasteiger partial charge in [-0.2, -0.15) is 0 Å². The molecule has 2 unspecified atom stereocenters. The maximum atomic E-state index is 3.70. The number of aryl methyl sites for hydroxylation is 1. The van der Waals surface area contributed by atoms with Gasteiger partial charge in [0.15, 0.2) is 0 Å². The Labute approximate surface area is 97.2 Å². The smallest absolute Gasteiger partial charge is 0.00683 e. The SMILES string of the molecule is c1ccc2c(c1)CCC21CC1CNC1CC1. The largest absolute Gasteiger partial charge is 0.314 e. The highest BCUT2D eigenvalue weighted by atomic mass is 15.0. The molecule has 0 bridgehead atoms. The van der Waals surface area contributed by atoms with Crippen LogP contribution in [0.3, 0.4) is 0 Å². The van der Waals surface area contributed by atoms with Crippen molar-refractivity contribution < 1.29 is 0 Å². The fourth-order valence-corrected chi connectivity index (χ4v) is 3.60. The van der Waals surface area contributed by atoms with E-state index in [1.165, 1.54) is 38.6 Å². The summed E-state index contributed by atoms with van der Waals surface area (Å²) in [5.74, 6) is 0.928. The molecule has 0 aromatic heterocycles. The summed E-state index contributed by atoms with van der Waals surface area (Å²) in [5, 5.41) is 3.70. The molecular formula is C15H19N. The second-order valence-electron chi connectivity index (χ2n) is 5.90. The topological polar surface area (TPSA) is 12.0 Å². The van der Waals surface area contributed by atoms with E-state index in [9.17, 15) is 0 Å². The molecule has 1 nitrogen and oxygen atoms in total. The van der Waals surface area contributed by atoms with Crippen molar-refractivity contribution in [1.29, 1.82) is 0 Å². The maximum absolute atomic E-state index is 3.70. The quantitative estimate of drug-likeness (QED) is 0.814. The van der Waals surface area contributed by atoms with Crippen molar-refractivity contribution >= 4 is 0 Å². The highest BCUT2D eigenvalue weighted by Gasteiger charge is 2.57. The molecule has 4 rings (SSSR count). The Morgan fingerprint density at radius 2 is 2.12 bits per heavy atom. The van der Waals surface area contributed by atoms with Gasteiger partial charge < -0.3 is 5.32 Å². The molecule has 3 aliphatic carbocycles. The van der Waals surface area contributed by atoms with E-state index in [4.69, 9.17) is 0 Å². The molecule has 2 fully saturated rings. The Morgan fingerprint density at radius 1 is 1.25 bits per heavy atom. The highest BCUT2D eigenvalue weighted by molar-refractivity contribution is 5.45. The molecule has 1 spiro atoms. The number of nitrogens with one attached hydrogen (secondary N) is 1. The van der Waals surface area contributed by atoms with Gasteiger partial charge in [-0.15, -0.1) is 0 Å². The van der Waals surface area contributed by atoms with E-state index in [0.29, 0.717) is 5.41 Å². The van der Waals surface area contributed by atoms with E-state index < -0.39 is 0 Å². The van der Waals surface area contributed by atoms with Crippen LogP contribution in [0.25, 0.3) is 0 Å². The van der Waals surface area contributed by atoms with Gasteiger partial charge in [0.25, 0.3) is 0 Å². The number of hydrogen-bond acceptors (Lipinski definition) is 1. The average Bonchev–Trinajstić information content (AvgIpc) is 3.18. The van der Waals surface area contributed by atoms with Crippen molar-refractivity contribution in [3.63, 3.8) is 0 Å². The molecule has 16 heavy (non-hydrogen) atoms. The molecule has 3 aliphatic rings. The summed E-state index contributed by atoms with van der Waals surface area (Å²) < 4.78 is 0. The first-order chi connectivity index (χ1) is 7.88. The van der Waals surface area contributed by atoms with Crippen LogP contribution in [-0.2, 0) is 11.8 Å². The van der Waals surface area contributed by atoms with Crippen LogP contribution >= 0.6 is 0 Å². The minimum Gasteiger partial charge on any atom is -0.314 e. The first-order valence-corrected chi connectivity index (χ1v) is 6.70. The lowest BCUT2D eigenvalue weighted by Gasteiger charge is -2.11. The summed E-state index contributed by atoms with van der Waals surface area (Å²) in [6.07, 6.45) is 6.98. The summed E-state index contributed by atoms with van der Waals surface area (Å²) in [7, 11) is 0. The fourth-order valence-electron chi connectivity index (χ4n) is 3.60. The van der Waals surface area contributed by atoms with Gasteiger partial charge in [-0.3, -0.25) is 0 Å². The van der Waals surface area contributed by atoms with Crippen LogP contribution in [0.2, 0.25) is 0 Å². The summed E-state index contributed by atoms with van der Waals surface area (Å²) in [6.45, 7) is 1.26. The van der Waals surface area contributed by atoms with E-state index in [0.717, 1.165) is 12.0 Å². The Hall–Kier alpha value is -0.820. The Balaban J connectivity index is 1.52. The fraction of sp³-hybridized carbons (Fsp3) is 0.600. The van der Waals surface area contributed by atoms with Gasteiger partial charge >= 0.3 is 0 Å². The number of hydrogen-bond donors (Lipinski definition) is 1. The van der Waals surface area contributed by atoms with Crippen LogP contribution in [0.5, 0.6) is 0 Å². The molecule has 1 aromatic carbocycles. The first kappa shape index (κ1) is 9.23.